The van der Waals surface area contributed by atoms with Gasteiger partial charge < -0.3 is 16.6 Å². The molecule has 5 heteroatoms. The SMILES string of the molecule is NC[C@H](Cc1cccc(C(O)c2cccnc2)c1)C(N)=O. The van der Waals surface area contributed by atoms with Crippen molar-refractivity contribution in [2.75, 3.05) is 6.54 Å². The van der Waals surface area contributed by atoms with Crippen molar-refractivity contribution in [2.45, 2.75) is 12.5 Å². The Hall–Kier alpha value is -2.24. The van der Waals surface area contributed by atoms with E-state index in [1.807, 2.05) is 30.3 Å². The van der Waals surface area contributed by atoms with Gasteiger partial charge in [-0.05, 0) is 23.6 Å². The number of pyridine rings is 1. The summed E-state index contributed by atoms with van der Waals surface area (Å²) < 4.78 is 0. The van der Waals surface area contributed by atoms with Crippen molar-refractivity contribution in [1.29, 1.82) is 0 Å². The second kappa shape index (κ2) is 6.97. The zero-order chi connectivity index (χ0) is 15.2. The van der Waals surface area contributed by atoms with E-state index in [0.717, 1.165) is 16.7 Å². The highest BCUT2D eigenvalue weighted by Crippen LogP contribution is 2.22. The Labute approximate surface area is 123 Å². The molecule has 0 fully saturated rings. The number of aliphatic hydroxyl groups excluding tert-OH is 1. The Morgan fingerprint density at radius 1 is 1.24 bits per heavy atom. The molecule has 2 rings (SSSR count). The first-order valence-corrected chi connectivity index (χ1v) is 6.78. The van der Waals surface area contributed by atoms with E-state index in [2.05, 4.69) is 4.98 Å². The van der Waals surface area contributed by atoms with E-state index in [-0.39, 0.29) is 6.54 Å². The maximum Gasteiger partial charge on any atom is 0.222 e. The van der Waals surface area contributed by atoms with Crippen LogP contribution in [0.5, 0.6) is 0 Å². The van der Waals surface area contributed by atoms with Gasteiger partial charge in [-0.1, -0.05) is 30.3 Å². The number of rotatable bonds is 6. The highest BCUT2D eigenvalue weighted by molar-refractivity contribution is 5.77. The summed E-state index contributed by atoms with van der Waals surface area (Å²) in [5.74, 6) is -0.800. The largest absolute Gasteiger partial charge is 0.384 e. The molecule has 5 N–H and O–H groups in total. The van der Waals surface area contributed by atoms with Gasteiger partial charge in [-0.2, -0.15) is 0 Å². The van der Waals surface area contributed by atoms with Crippen molar-refractivity contribution in [2.24, 2.45) is 17.4 Å². The molecule has 110 valence electrons. The Morgan fingerprint density at radius 2 is 2.00 bits per heavy atom. The van der Waals surface area contributed by atoms with E-state index < -0.39 is 17.9 Å². The summed E-state index contributed by atoms with van der Waals surface area (Å²) in [6, 6.07) is 11.0. The van der Waals surface area contributed by atoms with Gasteiger partial charge in [-0.25, -0.2) is 0 Å². The average molecular weight is 285 g/mol. The smallest absolute Gasteiger partial charge is 0.222 e. The minimum Gasteiger partial charge on any atom is -0.384 e. The van der Waals surface area contributed by atoms with E-state index in [9.17, 15) is 9.90 Å². The zero-order valence-corrected chi connectivity index (χ0v) is 11.6. The molecule has 21 heavy (non-hydrogen) atoms. The number of hydrogen-bond acceptors (Lipinski definition) is 4. The molecular formula is C16H19N3O2. The molecule has 5 nitrogen and oxygen atoms in total. The molecule has 1 aromatic carbocycles. The van der Waals surface area contributed by atoms with Crippen LogP contribution in [-0.4, -0.2) is 22.5 Å². The predicted molar refractivity (Wildman–Crippen MR) is 80.2 cm³/mol. The predicted octanol–water partition coefficient (Wildman–Crippen LogP) is 0.766. The van der Waals surface area contributed by atoms with Crippen molar-refractivity contribution >= 4 is 5.91 Å². The molecule has 0 aliphatic heterocycles. The standard InChI is InChI=1S/C16H19N3O2/c17-9-14(16(18)21)8-11-3-1-4-12(7-11)15(20)13-5-2-6-19-10-13/h1-7,10,14-15,20H,8-9,17H2,(H2,18,21)/t14-,15?/m0/s1. The van der Waals surface area contributed by atoms with Gasteiger partial charge in [0.1, 0.15) is 6.10 Å². The molecule has 2 aromatic rings. The van der Waals surface area contributed by atoms with E-state index >= 15 is 0 Å². The second-order valence-corrected chi connectivity index (χ2v) is 4.97. The van der Waals surface area contributed by atoms with Crippen LogP contribution in [0.3, 0.4) is 0 Å². The van der Waals surface area contributed by atoms with Gasteiger partial charge in [-0.15, -0.1) is 0 Å². The molecule has 0 saturated heterocycles. The number of aromatic nitrogens is 1. The van der Waals surface area contributed by atoms with Crippen molar-refractivity contribution in [1.82, 2.24) is 4.98 Å². The quantitative estimate of drug-likeness (QED) is 0.729. The van der Waals surface area contributed by atoms with Crippen LogP contribution in [0, 0.1) is 5.92 Å². The third-order valence-electron chi connectivity index (χ3n) is 3.44. The van der Waals surface area contributed by atoms with Crippen LogP contribution < -0.4 is 11.5 Å². The molecule has 0 radical (unpaired) electrons. The van der Waals surface area contributed by atoms with Crippen LogP contribution in [-0.2, 0) is 11.2 Å². The molecule has 2 atom stereocenters. The fourth-order valence-corrected chi connectivity index (χ4v) is 2.20. The second-order valence-electron chi connectivity index (χ2n) is 4.97. The van der Waals surface area contributed by atoms with E-state index in [0.29, 0.717) is 6.42 Å². The van der Waals surface area contributed by atoms with E-state index in [1.54, 1.807) is 18.5 Å². The lowest BCUT2D eigenvalue weighted by molar-refractivity contribution is -0.121. The van der Waals surface area contributed by atoms with Crippen molar-refractivity contribution in [3.63, 3.8) is 0 Å². The third-order valence-corrected chi connectivity index (χ3v) is 3.44. The molecular weight excluding hydrogens is 266 g/mol. The lowest BCUT2D eigenvalue weighted by atomic mass is 9.95. The van der Waals surface area contributed by atoms with Crippen LogP contribution in [0.4, 0.5) is 0 Å². The molecule has 0 aliphatic carbocycles. The van der Waals surface area contributed by atoms with Crippen molar-refractivity contribution in [3.05, 3.63) is 65.5 Å². The molecule has 1 aromatic heterocycles. The fourth-order valence-electron chi connectivity index (χ4n) is 2.20. The number of carbonyl (C=O) groups is 1. The highest BCUT2D eigenvalue weighted by atomic mass is 16.3. The summed E-state index contributed by atoms with van der Waals surface area (Å²) in [6.45, 7) is 0.213. The normalized spacial score (nSPS) is 13.6. The van der Waals surface area contributed by atoms with Gasteiger partial charge >= 0.3 is 0 Å². The molecule has 0 bridgehead atoms. The Balaban J connectivity index is 2.19. The topological polar surface area (TPSA) is 102 Å². The minimum absolute atomic E-state index is 0.213. The van der Waals surface area contributed by atoms with Crippen LogP contribution >= 0.6 is 0 Å². The number of carbonyl (C=O) groups excluding carboxylic acids is 1. The molecule has 0 aliphatic rings. The summed E-state index contributed by atoms with van der Waals surface area (Å²) in [5, 5.41) is 10.4. The van der Waals surface area contributed by atoms with Gasteiger partial charge in [-0.3, -0.25) is 9.78 Å². The fraction of sp³-hybridized carbons (Fsp3) is 0.250. The summed E-state index contributed by atoms with van der Waals surface area (Å²) in [7, 11) is 0. The lowest BCUT2D eigenvalue weighted by Gasteiger charge is -2.14. The zero-order valence-electron chi connectivity index (χ0n) is 11.6. The number of primary amides is 1. The number of nitrogens with zero attached hydrogens (tertiary/aromatic N) is 1. The van der Waals surface area contributed by atoms with Gasteiger partial charge in [0.15, 0.2) is 0 Å². The first kappa shape index (κ1) is 15.2. The maximum atomic E-state index is 11.3. The van der Waals surface area contributed by atoms with Gasteiger partial charge in [0.25, 0.3) is 0 Å². The van der Waals surface area contributed by atoms with Gasteiger partial charge in [0, 0.05) is 24.5 Å². The van der Waals surface area contributed by atoms with E-state index in [1.165, 1.54) is 0 Å². The number of nitrogens with two attached hydrogens (primary N) is 2. The Bertz CT molecular complexity index is 601. The van der Waals surface area contributed by atoms with Crippen LogP contribution in [0.15, 0.2) is 48.8 Å². The third kappa shape index (κ3) is 3.87. The Kier molecular flexibility index (Phi) is 5.03. The lowest BCUT2D eigenvalue weighted by Crippen LogP contribution is -2.31. The monoisotopic (exact) mass is 285 g/mol. The summed E-state index contributed by atoms with van der Waals surface area (Å²) in [6.07, 6.45) is 3.01. The number of aliphatic hydroxyl groups is 1. The minimum atomic E-state index is -0.747. The van der Waals surface area contributed by atoms with Gasteiger partial charge in [0.2, 0.25) is 5.91 Å². The molecule has 1 amide bonds. The number of hydrogen-bond donors (Lipinski definition) is 3. The molecule has 0 saturated carbocycles. The first-order valence-electron chi connectivity index (χ1n) is 6.78. The summed E-state index contributed by atoms with van der Waals surface area (Å²) in [5.41, 5.74) is 13.3. The molecule has 1 unspecified atom stereocenters. The highest BCUT2D eigenvalue weighted by Gasteiger charge is 2.16. The van der Waals surface area contributed by atoms with Crippen molar-refractivity contribution < 1.29 is 9.90 Å². The number of amides is 1. The Morgan fingerprint density at radius 3 is 2.62 bits per heavy atom. The van der Waals surface area contributed by atoms with Crippen LogP contribution in [0.2, 0.25) is 0 Å². The van der Waals surface area contributed by atoms with Crippen LogP contribution in [0.1, 0.15) is 22.8 Å². The number of benzene rings is 1. The first-order chi connectivity index (χ1) is 10.1. The molecule has 0 spiro atoms. The average Bonchev–Trinajstić information content (AvgIpc) is 2.52. The maximum absolute atomic E-state index is 11.3. The molecule has 1 heterocycles. The van der Waals surface area contributed by atoms with Crippen molar-refractivity contribution in [3.8, 4) is 0 Å². The van der Waals surface area contributed by atoms with Gasteiger partial charge in [0.05, 0.1) is 5.92 Å². The summed E-state index contributed by atoms with van der Waals surface area (Å²) >= 11 is 0. The summed E-state index contributed by atoms with van der Waals surface area (Å²) in [4.78, 5) is 15.3. The van der Waals surface area contributed by atoms with E-state index in [4.69, 9.17) is 11.5 Å². The van der Waals surface area contributed by atoms with Crippen LogP contribution in [0.25, 0.3) is 0 Å².